The van der Waals surface area contributed by atoms with Crippen molar-refractivity contribution in [1.82, 2.24) is 15.1 Å². The number of ether oxygens (including phenoxy) is 2. The van der Waals surface area contributed by atoms with E-state index in [4.69, 9.17) is 9.47 Å². The Morgan fingerprint density at radius 2 is 1.84 bits per heavy atom. The zero-order chi connectivity index (χ0) is 23.5. The number of methoxy groups -OCH3 is 2. The summed E-state index contributed by atoms with van der Waals surface area (Å²) in [4.78, 5) is 30.2. The second-order valence-electron chi connectivity index (χ2n) is 9.95. The zero-order valence-corrected chi connectivity index (χ0v) is 21.1. The SMILES string of the molecule is CCC(C)C(C(CC(=O)N1C(C(OC)C(C)C)CC2C(C)C21)OC)N(C)C(=O)CNC. The first kappa shape index (κ1) is 26.1. The third-order valence-electron chi connectivity index (χ3n) is 7.76. The average Bonchev–Trinajstić information content (AvgIpc) is 3.17. The van der Waals surface area contributed by atoms with Gasteiger partial charge in [0.2, 0.25) is 11.8 Å². The maximum atomic E-state index is 13.7. The third-order valence-corrected chi connectivity index (χ3v) is 7.76. The number of likely N-dealkylation sites (N-methyl/N-ethyl adjacent to an activating group) is 2. The summed E-state index contributed by atoms with van der Waals surface area (Å²) in [6.45, 7) is 11.1. The second kappa shape index (κ2) is 11.1. The second-order valence-corrected chi connectivity index (χ2v) is 9.95. The number of hydrogen-bond acceptors (Lipinski definition) is 5. The minimum absolute atomic E-state index is 0.0106. The topological polar surface area (TPSA) is 71.1 Å². The van der Waals surface area contributed by atoms with E-state index in [2.05, 4.69) is 44.8 Å². The van der Waals surface area contributed by atoms with Crippen LogP contribution in [0.3, 0.4) is 0 Å². The van der Waals surface area contributed by atoms with E-state index in [0.717, 1.165) is 12.8 Å². The molecule has 1 heterocycles. The molecule has 0 aromatic heterocycles. The van der Waals surface area contributed by atoms with Crippen molar-refractivity contribution in [1.29, 1.82) is 0 Å². The standard InChI is InChI=1S/C24H45N3O4/c1-10-15(4)22(26(7)21(29)13-25-6)19(30-8)12-20(28)27-18(24(31-9)14(2)3)11-17-16(5)23(17)27/h14-19,22-25H,10-13H2,1-9H3. The highest BCUT2D eigenvalue weighted by Gasteiger charge is 2.61. The number of amides is 2. The molecule has 2 amide bonds. The van der Waals surface area contributed by atoms with Gasteiger partial charge in [0.05, 0.1) is 37.3 Å². The van der Waals surface area contributed by atoms with E-state index in [1.165, 1.54) is 0 Å². The smallest absolute Gasteiger partial charge is 0.236 e. The van der Waals surface area contributed by atoms with Gasteiger partial charge in [-0.05, 0) is 37.1 Å². The molecule has 0 bridgehead atoms. The molecule has 1 saturated heterocycles. The predicted molar refractivity (Wildman–Crippen MR) is 123 cm³/mol. The maximum Gasteiger partial charge on any atom is 0.236 e. The molecule has 0 spiro atoms. The van der Waals surface area contributed by atoms with Crippen LogP contribution in [0, 0.1) is 23.7 Å². The van der Waals surface area contributed by atoms with Gasteiger partial charge in [0.1, 0.15) is 0 Å². The first-order valence-electron chi connectivity index (χ1n) is 11.9. The average molecular weight is 440 g/mol. The lowest BCUT2D eigenvalue weighted by Crippen LogP contribution is -2.54. The van der Waals surface area contributed by atoms with Gasteiger partial charge >= 0.3 is 0 Å². The highest BCUT2D eigenvalue weighted by Crippen LogP contribution is 2.54. The van der Waals surface area contributed by atoms with Gasteiger partial charge in [0.15, 0.2) is 0 Å². The largest absolute Gasteiger partial charge is 0.379 e. The summed E-state index contributed by atoms with van der Waals surface area (Å²) in [5, 5.41) is 2.93. The van der Waals surface area contributed by atoms with E-state index < -0.39 is 0 Å². The van der Waals surface area contributed by atoms with Crippen LogP contribution in [0.1, 0.15) is 53.9 Å². The van der Waals surface area contributed by atoms with Crippen LogP contribution in [0.4, 0.5) is 0 Å². The first-order valence-corrected chi connectivity index (χ1v) is 11.9. The number of hydrogen-bond donors (Lipinski definition) is 1. The van der Waals surface area contributed by atoms with E-state index in [0.29, 0.717) is 23.8 Å². The van der Waals surface area contributed by atoms with Gasteiger partial charge in [-0.2, -0.15) is 0 Å². The number of likely N-dealkylation sites (tertiary alicyclic amines) is 1. The van der Waals surface area contributed by atoms with E-state index in [-0.39, 0.29) is 55.0 Å². The Kier molecular flexibility index (Phi) is 9.34. The third kappa shape index (κ3) is 5.42. The molecule has 0 aromatic rings. The van der Waals surface area contributed by atoms with Crippen molar-refractivity contribution in [3.8, 4) is 0 Å². The quantitative estimate of drug-likeness (QED) is 0.506. The number of nitrogens with zero attached hydrogens (tertiary/aromatic N) is 2. The van der Waals surface area contributed by atoms with Crippen molar-refractivity contribution in [2.24, 2.45) is 23.7 Å². The Labute approximate surface area is 189 Å². The van der Waals surface area contributed by atoms with Gasteiger partial charge in [-0.3, -0.25) is 9.59 Å². The normalized spacial score (nSPS) is 28.8. The van der Waals surface area contributed by atoms with Crippen LogP contribution in [0.2, 0.25) is 0 Å². The van der Waals surface area contributed by atoms with Crippen LogP contribution in [0.5, 0.6) is 0 Å². The van der Waals surface area contributed by atoms with E-state index in [1.807, 2.05) is 7.05 Å². The van der Waals surface area contributed by atoms with Gasteiger partial charge in [-0.25, -0.2) is 0 Å². The number of rotatable bonds is 12. The summed E-state index contributed by atoms with van der Waals surface area (Å²) >= 11 is 0. The van der Waals surface area contributed by atoms with Gasteiger partial charge in [-0.15, -0.1) is 0 Å². The molecule has 8 atom stereocenters. The molecule has 2 rings (SSSR count). The number of carbonyl (C=O) groups is 2. The molecular weight excluding hydrogens is 394 g/mol. The lowest BCUT2D eigenvalue weighted by molar-refractivity contribution is -0.145. The molecule has 2 fully saturated rings. The Hall–Kier alpha value is -1.18. The Balaban J connectivity index is 2.22. The number of fused-ring (bicyclic) bond motifs is 1. The Morgan fingerprint density at radius 3 is 2.32 bits per heavy atom. The summed E-state index contributed by atoms with van der Waals surface area (Å²) in [6.07, 6.45) is 1.89. The summed E-state index contributed by atoms with van der Waals surface area (Å²) in [5.74, 6) is 1.82. The van der Waals surface area contributed by atoms with Crippen molar-refractivity contribution in [2.45, 2.75) is 84.2 Å². The highest BCUT2D eigenvalue weighted by atomic mass is 16.5. The molecule has 1 aliphatic heterocycles. The molecule has 7 nitrogen and oxygen atoms in total. The lowest BCUT2D eigenvalue weighted by atomic mass is 9.90. The Bertz CT molecular complexity index is 614. The summed E-state index contributed by atoms with van der Waals surface area (Å²) < 4.78 is 11.7. The Morgan fingerprint density at radius 1 is 1.19 bits per heavy atom. The monoisotopic (exact) mass is 439 g/mol. The fourth-order valence-corrected chi connectivity index (χ4v) is 5.77. The molecule has 2 aliphatic rings. The highest BCUT2D eigenvalue weighted by molar-refractivity contribution is 5.80. The summed E-state index contributed by atoms with van der Waals surface area (Å²) in [6, 6.07) is 0.278. The van der Waals surface area contributed by atoms with Crippen molar-refractivity contribution >= 4 is 11.8 Å². The molecule has 0 aromatic carbocycles. The maximum absolute atomic E-state index is 13.7. The van der Waals surface area contributed by atoms with Crippen LogP contribution in [-0.2, 0) is 19.1 Å². The molecule has 1 aliphatic carbocycles. The number of carbonyl (C=O) groups excluding carboxylic acids is 2. The molecule has 7 heteroatoms. The predicted octanol–water partition coefficient (Wildman–Crippen LogP) is 2.39. The minimum Gasteiger partial charge on any atom is -0.379 e. The molecule has 1 N–H and O–H groups in total. The van der Waals surface area contributed by atoms with Gasteiger partial charge in [0, 0.05) is 27.3 Å². The lowest BCUT2D eigenvalue weighted by Gasteiger charge is -2.40. The van der Waals surface area contributed by atoms with E-state index in [9.17, 15) is 9.59 Å². The zero-order valence-electron chi connectivity index (χ0n) is 21.1. The van der Waals surface area contributed by atoms with E-state index in [1.54, 1.807) is 26.2 Å². The fourth-order valence-electron chi connectivity index (χ4n) is 5.77. The summed E-state index contributed by atoms with van der Waals surface area (Å²) in [7, 11) is 6.99. The molecular formula is C24H45N3O4. The van der Waals surface area contributed by atoms with E-state index >= 15 is 0 Å². The van der Waals surface area contributed by atoms with Crippen LogP contribution in [0.15, 0.2) is 0 Å². The molecule has 1 saturated carbocycles. The molecule has 0 radical (unpaired) electrons. The van der Waals surface area contributed by atoms with Crippen LogP contribution >= 0.6 is 0 Å². The summed E-state index contributed by atoms with van der Waals surface area (Å²) in [5.41, 5.74) is 0. The van der Waals surface area contributed by atoms with Gasteiger partial charge < -0.3 is 24.6 Å². The molecule has 180 valence electrons. The van der Waals surface area contributed by atoms with Gasteiger partial charge in [-0.1, -0.05) is 41.0 Å². The number of piperidine rings is 1. The first-order chi connectivity index (χ1) is 14.6. The van der Waals surface area contributed by atoms with Gasteiger partial charge in [0.25, 0.3) is 0 Å². The van der Waals surface area contributed by atoms with Crippen molar-refractivity contribution < 1.29 is 19.1 Å². The van der Waals surface area contributed by atoms with Crippen LogP contribution in [-0.4, -0.2) is 86.8 Å². The minimum atomic E-state index is -0.345. The fraction of sp³-hybridized carbons (Fsp3) is 0.917. The number of nitrogens with one attached hydrogen (secondary N) is 1. The molecule has 31 heavy (non-hydrogen) atoms. The van der Waals surface area contributed by atoms with Crippen molar-refractivity contribution in [2.75, 3.05) is 34.9 Å². The van der Waals surface area contributed by atoms with Crippen molar-refractivity contribution in [3.63, 3.8) is 0 Å². The van der Waals surface area contributed by atoms with Crippen LogP contribution in [0.25, 0.3) is 0 Å². The molecule has 8 unspecified atom stereocenters. The van der Waals surface area contributed by atoms with Crippen LogP contribution < -0.4 is 5.32 Å². The van der Waals surface area contributed by atoms with Crippen molar-refractivity contribution in [3.05, 3.63) is 0 Å².